The van der Waals surface area contributed by atoms with Gasteiger partial charge in [-0.25, -0.2) is 4.79 Å². The highest BCUT2D eigenvalue weighted by Gasteiger charge is 2.57. The van der Waals surface area contributed by atoms with Crippen LogP contribution in [0.15, 0.2) is 54.6 Å². The Hall–Kier alpha value is -2.80. The van der Waals surface area contributed by atoms with Gasteiger partial charge in [-0.2, -0.15) is 0 Å². The first-order valence-corrected chi connectivity index (χ1v) is 9.87. The highest BCUT2D eigenvalue weighted by Crippen LogP contribution is 2.56. The monoisotopic (exact) mass is 396 g/mol. The van der Waals surface area contributed by atoms with Crippen LogP contribution in [0, 0.1) is 0 Å². The van der Waals surface area contributed by atoms with Gasteiger partial charge in [-0.15, -0.1) is 11.8 Å². The Kier molecular flexibility index (Phi) is 4.42. The number of nitrogens with one attached hydrogen (secondary N) is 1. The fourth-order valence-corrected chi connectivity index (χ4v) is 5.55. The molecule has 3 atom stereocenters. The Labute approximate surface area is 166 Å². The Morgan fingerprint density at radius 1 is 1.11 bits per heavy atom. The van der Waals surface area contributed by atoms with Crippen molar-refractivity contribution in [3.63, 3.8) is 0 Å². The summed E-state index contributed by atoms with van der Waals surface area (Å²) in [6.07, 6.45) is 0. The summed E-state index contributed by atoms with van der Waals surface area (Å²) in [5.41, 5.74) is 1.99. The van der Waals surface area contributed by atoms with Gasteiger partial charge in [-0.3, -0.25) is 9.59 Å². The highest BCUT2D eigenvalue weighted by molar-refractivity contribution is 8.01. The number of aliphatic carboxylic acids is 1. The van der Waals surface area contributed by atoms with Crippen LogP contribution in [-0.4, -0.2) is 38.6 Å². The number of carbonyl (C=O) groups excluding carboxylic acids is 2. The third-order valence-corrected chi connectivity index (χ3v) is 6.75. The van der Waals surface area contributed by atoms with E-state index in [9.17, 15) is 19.5 Å². The maximum Gasteiger partial charge on any atom is 0.330 e. The van der Waals surface area contributed by atoms with Crippen molar-refractivity contribution in [3.8, 4) is 0 Å². The van der Waals surface area contributed by atoms with Gasteiger partial charge < -0.3 is 15.3 Å². The van der Waals surface area contributed by atoms with Gasteiger partial charge in [0, 0.05) is 10.3 Å². The van der Waals surface area contributed by atoms with Crippen molar-refractivity contribution < 1.29 is 19.5 Å². The summed E-state index contributed by atoms with van der Waals surface area (Å²) in [5, 5.41) is 12.0. The average molecular weight is 396 g/mol. The number of nitrogens with zero attached hydrogens (tertiary/aromatic N) is 1. The smallest absolute Gasteiger partial charge is 0.330 e. The quantitative estimate of drug-likeness (QED) is 0.830. The van der Waals surface area contributed by atoms with Crippen LogP contribution >= 0.6 is 11.8 Å². The van der Waals surface area contributed by atoms with Crippen LogP contribution in [0.4, 0.5) is 0 Å². The van der Waals surface area contributed by atoms with E-state index in [0.29, 0.717) is 11.1 Å². The van der Waals surface area contributed by atoms with Crippen LogP contribution in [0.25, 0.3) is 0 Å². The lowest BCUT2D eigenvalue weighted by Gasteiger charge is -2.30. The zero-order valence-electron chi connectivity index (χ0n) is 15.5. The molecule has 144 valence electrons. The molecule has 2 aromatic rings. The molecule has 0 saturated carbocycles. The first-order valence-electron chi connectivity index (χ1n) is 8.99. The highest BCUT2D eigenvalue weighted by atomic mass is 32.2. The van der Waals surface area contributed by atoms with Gasteiger partial charge in [-0.05, 0) is 31.0 Å². The molecule has 28 heavy (non-hydrogen) atoms. The van der Waals surface area contributed by atoms with E-state index in [4.69, 9.17) is 0 Å². The third-order valence-electron chi connectivity index (χ3n) is 5.21. The number of amides is 2. The molecule has 0 unspecified atom stereocenters. The van der Waals surface area contributed by atoms with Crippen molar-refractivity contribution in [2.45, 2.75) is 36.1 Å². The van der Waals surface area contributed by atoms with Crippen LogP contribution < -0.4 is 5.32 Å². The van der Waals surface area contributed by atoms with E-state index in [-0.39, 0.29) is 11.3 Å². The molecule has 2 heterocycles. The van der Waals surface area contributed by atoms with E-state index in [0.717, 1.165) is 5.56 Å². The number of thioether (sulfide) groups is 1. The molecule has 2 amide bonds. The SMILES string of the molecule is CC1(C)S[C@@H]2c3ccccc3C(=O)N2[C@@H]1C(=O)N[C@H](C(=O)O)c1ccccc1. The van der Waals surface area contributed by atoms with E-state index < -0.39 is 28.7 Å². The van der Waals surface area contributed by atoms with Crippen molar-refractivity contribution >= 4 is 29.5 Å². The van der Waals surface area contributed by atoms with Crippen LogP contribution in [0.1, 0.15) is 46.7 Å². The number of benzene rings is 2. The summed E-state index contributed by atoms with van der Waals surface area (Å²) in [4.78, 5) is 39.6. The molecule has 6 nitrogen and oxygen atoms in total. The molecule has 2 aliphatic rings. The average Bonchev–Trinajstić information content (AvgIpc) is 3.10. The normalized spacial score (nSPS) is 23.1. The van der Waals surface area contributed by atoms with Gasteiger partial charge in [-0.1, -0.05) is 48.5 Å². The van der Waals surface area contributed by atoms with Gasteiger partial charge in [0.15, 0.2) is 6.04 Å². The number of carbonyl (C=O) groups is 3. The molecule has 1 fully saturated rings. The molecule has 2 aromatic carbocycles. The van der Waals surface area contributed by atoms with E-state index in [2.05, 4.69) is 5.32 Å². The van der Waals surface area contributed by atoms with Crippen molar-refractivity contribution in [2.75, 3.05) is 0 Å². The second-order valence-corrected chi connectivity index (χ2v) is 9.20. The third kappa shape index (κ3) is 2.86. The number of hydrogen-bond donors (Lipinski definition) is 2. The fourth-order valence-electron chi connectivity index (χ4n) is 3.96. The first kappa shape index (κ1) is 18.6. The number of carboxylic acid groups (broad SMARTS) is 1. The minimum absolute atomic E-state index is 0.189. The van der Waals surface area contributed by atoms with Crippen molar-refractivity contribution in [1.82, 2.24) is 10.2 Å². The van der Waals surface area contributed by atoms with Gasteiger partial charge in [0.2, 0.25) is 5.91 Å². The zero-order valence-corrected chi connectivity index (χ0v) is 16.3. The van der Waals surface area contributed by atoms with E-state index in [1.807, 2.05) is 26.0 Å². The fraction of sp³-hybridized carbons (Fsp3) is 0.286. The zero-order chi connectivity index (χ0) is 20.1. The minimum atomic E-state index is -1.17. The lowest BCUT2D eigenvalue weighted by atomic mass is 9.99. The summed E-state index contributed by atoms with van der Waals surface area (Å²) < 4.78 is -0.558. The summed E-state index contributed by atoms with van der Waals surface area (Å²) in [7, 11) is 0. The molecule has 0 aromatic heterocycles. The number of rotatable bonds is 4. The van der Waals surface area contributed by atoms with Crippen LogP contribution in [0.2, 0.25) is 0 Å². The largest absolute Gasteiger partial charge is 0.479 e. The predicted octanol–water partition coefficient (Wildman–Crippen LogP) is 2.98. The van der Waals surface area contributed by atoms with Gasteiger partial charge >= 0.3 is 5.97 Å². The minimum Gasteiger partial charge on any atom is -0.479 e. The van der Waals surface area contributed by atoms with Gasteiger partial charge in [0.25, 0.3) is 5.91 Å². The van der Waals surface area contributed by atoms with Gasteiger partial charge in [0.1, 0.15) is 11.4 Å². The van der Waals surface area contributed by atoms with Crippen molar-refractivity contribution in [1.29, 1.82) is 0 Å². The van der Waals surface area contributed by atoms with Crippen molar-refractivity contribution in [3.05, 3.63) is 71.3 Å². The molecule has 1 saturated heterocycles. The lowest BCUT2D eigenvalue weighted by Crippen LogP contribution is -2.53. The molecule has 2 aliphatic heterocycles. The number of fused-ring (bicyclic) bond motifs is 3. The maximum absolute atomic E-state index is 13.2. The number of hydrogen-bond acceptors (Lipinski definition) is 4. The van der Waals surface area contributed by atoms with E-state index in [1.165, 1.54) is 0 Å². The second-order valence-electron chi connectivity index (χ2n) is 7.47. The molecule has 0 aliphatic carbocycles. The first-order chi connectivity index (χ1) is 13.3. The summed E-state index contributed by atoms with van der Waals surface area (Å²) >= 11 is 1.55. The summed E-state index contributed by atoms with van der Waals surface area (Å²) in [6.45, 7) is 3.82. The number of carboxylic acids is 1. The Bertz CT molecular complexity index is 960. The van der Waals surface area contributed by atoms with Gasteiger partial charge in [0.05, 0.1) is 0 Å². The van der Waals surface area contributed by atoms with Crippen molar-refractivity contribution in [2.24, 2.45) is 0 Å². The molecule has 7 heteroatoms. The molecule has 0 spiro atoms. The Morgan fingerprint density at radius 3 is 2.43 bits per heavy atom. The van der Waals surface area contributed by atoms with Crippen LogP contribution in [0.5, 0.6) is 0 Å². The van der Waals surface area contributed by atoms with E-state index >= 15 is 0 Å². The summed E-state index contributed by atoms with van der Waals surface area (Å²) in [6, 6.07) is 14.0. The molecule has 0 bridgehead atoms. The molecular weight excluding hydrogens is 376 g/mol. The maximum atomic E-state index is 13.2. The van der Waals surface area contributed by atoms with Crippen LogP contribution in [-0.2, 0) is 9.59 Å². The Balaban J connectivity index is 1.65. The standard InChI is InChI=1S/C21H20N2O4S/c1-21(2)16(17(24)22-15(20(26)27)12-8-4-3-5-9-12)23-18(25)13-10-6-7-11-14(13)19(23)28-21/h3-11,15-16,19H,1-2H3,(H,22,24)(H,26,27)/t15-,16+,19+/m0/s1. The predicted molar refractivity (Wildman–Crippen MR) is 106 cm³/mol. The second kappa shape index (κ2) is 6.67. The lowest BCUT2D eigenvalue weighted by molar-refractivity contribution is -0.142. The van der Waals surface area contributed by atoms with Crippen LogP contribution in [0.3, 0.4) is 0 Å². The Morgan fingerprint density at radius 2 is 1.75 bits per heavy atom. The summed E-state index contributed by atoms with van der Waals surface area (Å²) in [5.74, 6) is -1.79. The molecule has 0 radical (unpaired) electrons. The topological polar surface area (TPSA) is 86.7 Å². The van der Waals surface area contributed by atoms with E-state index in [1.54, 1.807) is 59.1 Å². The molecule has 2 N–H and O–H groups in total. The molecular formula is C21H20N2O4S. The molecule has 4 rings (SSSR count).